The minimum Gasteiger partial charge on any atom is -0.465 e. The number of nitrogens with zero attached hydrogens (tertiary/aromatic N) is 1. The Morgan fingerprint density at radius 1 is 1.04 bits per heavy atom. The van der Waals surface area contributed by atoms with Crippen LogP contribution in [0.3, 0.4) is 0 Å². The maximum atomic E-state index is 12.5. The van der Waals surface area contributed by atoms with Gasteiger partial charge < -0.3 is 9.30 Å². The van der Waals surface area contributed by atoms with Gasteiger partial charge in [0.15, 0.2) is 0 Å². The molecule has 0 fully saturated rings. The molecule has 0 N–H and O–H groups in total. The first-order chi connectivity index (χ1) is 13.3. The molecule has 0 spiro atoms. The lowest BCUT2D eigenvalue weighted by Crippen LogP contribution is -2.07. The van der Waals surface area contributed by atoms with Crippen LogP contribution in [0.4, 0.5) is 0 Å². The van der Waals surface area contributed by atoms with E-state index in [1.54, 1.807) is 0 Å². The molecule has 0 saturated heterocycles. The molecule has 0 amide bonds. The number of rotatable bonds is 6. The van der Waals surface area contributed by atoms with E-state index in [1.165, 1.54) is 25.5 Å². The molecule has 2 aromatic carbocycles. The molecule has 0 atom stereocenters. The number of unbranched alkanes of at least 4 members (excludes halogenated alkanes) is 3. The van der Waals surface area contributed by atoms with Crippen molar-refractivity contribution in [1.29, 1.82) is 0 Å². The van der Waals surface area contributed by atoms with Crippen LogP contribution in [-0.2, 0) is 11.3 Å². The van der Waals surface area contributed by atoms with Crippen LogP contribution in [0.1, 0.15) is 54.2 Å². The van der Waals surface area contributed by atoms with Crippen LogP contribution in [0.25, 0.3) is 10.9 Å². The number of fused-ring (bicyclic) bond motifs is 1. The summed E-state index contributed by atoms with van der Waals surface area (Å²) < 4.78 is 7.20. The van der Waals surface area contributed by atoms with Crippen molar-refractivity contribution in [2.45, 2.75) is 39.2 Å². The van der Waals surface area contributed by atoms with Gasteiger partial charge in [0.05, 0.1) is 12.6 Å². The molecule has 0 aliphatic heterocycles. The summed E-state index contributed by atoms with van der Waals surface area (Å²) in [7, 11) is 1.42. The van der Waals surface area contributed by atoms with Crippen LogP contribution in [0.15, 0.2) is 54.6 Å². The maximum Gasteiger partial charge on any atom is 0.341 e. The number of carbonyl (C=O) groups excluding carboxylic acids is 1. The predicted molar refractivity (Wildman–Crippen MR) is 110 cm³/mol. The monoisotopic (exact) mass is 359 g/mol. The lowest BCUT2D eigenvalue weighted by molar-refractivity contribution is 0.0602. The summed E-state index contributed by atoms with van der Waals surface area (Å²) in [5, 5.41) is 0.887. The topological polar surface area (TPSA) is 31.2 Å². The standard InChI is InChI=1S/C24H25NO2/c1-3-4-5-6-10-17-22-23(24(26)27-2)20-15-11-12-16-21(20)25(22)18-19-13-8-7-9-14-19/h7-9,11-16H,3-6,18H2,1-2H3. The zero-order valence-corrected chi connectivity index (χ0v) is 16.0. The second-order valence-corrected chi connectivity index (χ2v) is 6.56. The molecule has 3 aromatic rings. The number of hydrogen-bond donors (Lipinski definition) is 0. The predicted octanol–water partition coefficient (Wildman–Crippen LogP) is 5.41. The Hall–Kier alpha value is -2.99. The van der Waals surface area contributed by atoms with E-state index in [4.69, 9.17) is 4.74 Å². The third-order valence-corrected chi connectivity index (χ3v) is 4.66. The summed E-state index contributed by atoms with van der Waals surface area (Å²) in [6, 6.07) is 18.2. The summed E-state index contributed by atoms with van der Waals surface area (Å²) in [4.78, 5) is 12.5. The fraction of sp³-hybridized carbons (Fsp3) is 0.292. The van der Waals surface area contributed by atoms with E-state index < -0.39 is 0 Å². The van der Waals surface area contributed by atoms with Crippen molar-refractivity contribution in [3.05, 3.63) is 71.4 Å². The molecule has 1 heterocycles. The second kappa shape index (κ2) is 9.09. The number of hydrogen-bond acceptors (Lipinski definition) is 2. The van der Waals surface area contributed by atoms with Crippen LogP contribution in [0.5, 0.6) is 0 Å². The van der Waals surface area contributed by atoms with E-state index in [9.17, 15) is 4.79 Å². The molecule has 3 rings (SSSR count). The highest BCUT2D eigenvalue weighted by atomic mass is 16.5. The molecular formula is C24H25NO2. The highest BCUT2D eigenvalue weighted by molar-refractivity contribution is 6.07. The number of carbonyl (C=O) groups is 1. The zero-order chi connectivity index (χ0) is 19.1. The molecule has 0 radical (unpaired) electrons. The molecular weight excluding hydrogens is 334 g/mol. The number of para-hydroxylation sites is 1. The Kier molecular flexibility index (Phi) is 6.33. The number of benzene rings is 2. The van der Waals surface area contributed by atoms with Crippen molar-refractivity contribution in [3.63, 3.8) is 0 Å². The molecule has 0 aliphatic carbocycles. The van der Waals surface area contributed by atoms with Crippen molar-refractivity contribution < 1.29 is 9.53 Å². The highest BCUT2D eigenvalue weighted by Crippen LogP contribution is 2.27. The fourth-order valence-electron chi connectivity index (χ4n) is 3.28. The van der Waals surface area contributed by atoms with Gasteiger partial charge >= 0.3 is 5.97 Å². The molecule has 138 valence electrons. The van der Waals surface area contributed by atoms with Gasteiger partial charge in [-0.2, -0.15) is 0 Å². The number of esters is 1. The van der Waals surface area contributed by atoms with Crippen molar-refractivity contribution in [2.75, 3.05) is 7.11 Å². The summed E-state index contributed by atoms with van der Waals surface area (Å²) in [6.45, 7) is 2.85. The smallest absolute Gasteiger partial charge is 0.341 e. The Morgan fingerprint density at radius 3 is 2.52 bits per heavy atom. The van der Waals surface area contributed by atoms with Crippen molar-refractivity contribution in [2.24, 2.45) is 0 Å². The van der Waals surface area contributed by atoms with Gasteiger partial charge in [0.1, 0.15) is 11.3 Å². The second-order valence-electron chi connectivity index (χ2n) is 6.56. The molecule has 1 aromatic heterocycles. The normalized spacial score (nSPS) is 10.4. The van der Waals surface area contributed by atoms with Gasteiger partial charge in [-0.15, -0.1) is 0 Å². The quantitative estimate of drug-likeness (QED) is 0.335. The van der Waals surface area contributed by atoms with E-state index in [0.717, 1.165) is 29.4 Å². The van der Waals surface area contributed by atoms with E-state index in [0.29, 0.717) is 12.1 Å². The minimum absolute atomic E-state index is 0.337. The summed E-state index contributed by atoms with van der Waals surface area (Å²) >= 11 is 0. The van der Waals surface area contributed by atoms with Crippen LogP contribution in [0.2, 0.25) is 0 Å². The van der Waals surface area contributed by atoms with E-state index in [2.05, 4.69) is 35.5 Å². The fourth-order valence-corrected chi connectivity index (χ4v) is 3.28. The molecule has 3 heteroatoms. The first kappa shape index (κ1) is 18.8. The summed E-state index contributed by atoms with van der Waals surface area (Å²) in [5.74, 6) is 6.21. The third kappa shape index (κ3) is 4.23. The SMILES string of the molecule is CCCCCC#Cc1c(C(=O)OC)c2ccccc2n1Cc1ccccc1. The number of aromatic nitrogens is 1. The molecule has 0 aliphatic rings. The third-order valence-electron chi connectivity index (χ3n) is 4.66. The maximum absolute atomic E-state index is 12.5. The van der Waals surface area contributed by atoms with Gasteiger partial charge in [0.25, 0.3) is 0 Å². The number of ether oxygens (including phenoxy) is 1. The molecule has 3 nitrogen and oxygen atoms in total. The Bertz CT molecular complexity index is 974. The number of methoxy groups -OCH3 is 1. The molecule has 0 saturated carbocycles. The highest BCUT2D eigenvalue weighted by Gasteiger charge is 2.22. The van der Waals surface area contributed by atoms with Gasteiger partial charge in [-0.1, -0.05) is 74.2 Å². The first-order valence-electron chi connectivity index (χ1n) is 9.48. The van der Waals surface area contributed by atoms with Crippen molar-refractivity contribution in [1.82, 2.24) is 4.57 Å². The average molecular weight is 359 g/mol. The molecule has 27 heavy (non-hydrogen) atoms. The van der Waals surface area contributed by atoms with Crippen LogP contribution < -0.4 is 0 Å². The Labute approximate surface area is 161 Å². The van der Waals surface area contributed by atoms with Gasteiger partial charge in [-0.25, -0.2) is 4.79 Å². The van der Waals surface area contributed by atoms with E-state index in [1.807, 2.05) is 42.5 Å². The van der Waals surface area contributed by atoms with Gasteiger partial charge in [-0.05, 0) is 24.0 Å². The summed E-state index contributed by atoms with van der Waals surface area (Å²) in [6.07, 6.45) is 4.26. The largest absolute Gasteiger partial charge is 0.465 e. The zero-order valence-electron chi connectivity index (χ0n) is 16.0. The lowest BCUT2D eigenvalue weighted by atomic mass is 10.1. The van der Waals surface area contributed by atoms with E-state index in [-0.39, 0.29) is 5.97 Å². The van der Waals surface area contributed by atoms with Crippen LogP contribution >= 0.6 is 0 Å². The van der Waals surface area contributed by atoms with Crippen molar-refractivity contribution in [3.8, 4) is 11.8 Å². The van der Waals surface area contributed by atoms with Crippen LogP contribution in [0, 0.1) is 11.8 Å². The van der Waals surface area contributed by atoms with Gasteiger partial charge in [0.2, 0.25) is 0 Å². The van der Waals surface area contributed by atoms with Crippen LogP contribution in [-0.4, -0.2) is 17.6 Å². The summed E-state index contributed by atoms with van der Waals surface area (Å²) in [5.41, 5.74) is 3.47. The minimum atomic E-state index is -0.337. The van der Waals surface area contributed by atoms with Gasteiger partial charge in [-0.3, -0.25) is 0 Å². The Balaban J connectivity index is 2.12. The lowest BCUT2D eigenvalue weighted by Gasteiger charge is -2.08. The average Bonchev–Trinajstić information content (AvgIpc) is 3.01. The first-order valence-corrected chi connectivity index (χ1v) is 9.48. The Morgan fingerprint density at radius 2 is 1.78 bits per heavy atom. The molecule has 0 bridgehead atoms. The van der Waals surface area contributed by atoms with Crippen molar-refractivity contribution >= 4 is 16.9 Å². The van der Waals surface area contributed by atoms with E-state index >= 15 is 0 Å². The van der Waals surface area contributed by atoms with Gasteiger partial charge in [0, 0.05) is 18.4 Å². The molecule has 0 unspecified atom stereocenters.